The topological polar surface area (TPSA) is 131 Å². The lowest BCUT2D eigenvalue weighted by Gasteiger charge is -2.11. The van der Waals surface area contributed by atoms with Crippen molar-refractivity contribution in [1.82, 2.24) is 29.5 Å². The summed E-state index contributed by atoms with van der Waals surface area (Å²) in [6, 6.07) is 9.53. The first-order valence-electron chi connectivity index (χ1n) is 10.2. The normalized spacial score (nSPS) is 11.5. The highest BCUT2D eigenvalue weighted by atomic mass is 16.5. The highest BCUT2D eigenvalue weighted by molar-refractivity contribution is 5.89. The molecule has 0 aliphatic carbocycles. The molecule has 0 spiro atoms. The van der Waals surface area contributed by atoms with Gasteiger partial charge in [0.25, 0.3) is 0 Å². The van der Waals surface area contributed by atoms with Crippen LogP contribution in [-0.2, 0) is 6.61 Å². The monoisotopic (exact) mass is 426 g/mol. The van der Waals surface area contributed by atoms with Crippen LogP contribution in [0.15, 0.2) is 55.2 Å². The van der Waals surface area contributed by atoms with Crippen LogP contribution in [-0.4, -0.2) is 29.5 Å². The van der Waals surface area contributed by atoms with E-state index in [0.29, 0.717) is 29.8 Å². The Balaban J connectivity index is 1.40. The maximum Gasteiger partial charge on any atom is 0.150 e. The van der Waals surface area contributed by atoms with Crippen LogP contribution >= 0.6 is 0 Å². The molecule has 160 valence electrons. The van der Waals surface area contributed by atoms with Gasteiger partial charge in [-0.25, -0.2) is 19.9 Å². The van der Waals surface area contributed by atoms with Crippen LogP contribution in [0.1, 0.15) is 31.2 Å². The molecule has 4 N–H and O–H groups in total. The van der Waals surface area contributed by atoms with Crippen molar-refractivity contribution in [2.75, 3.05) is 11.5 Å². The van der Waals surface area contributed by atoms with Crippen LogP contribution in [0.2, 0.25) is 0 Å². The number of benzene rings is 1. The third-order valence-electron chi connectivity index (χ3n) is 5.21. The van der Waals surface area contributed by atoms with E-state index in [4.69, 9.17) is 16.2 Å². The summed E-state index contributed by atoms with van der Waals surface area (Å²) in [4.78, 5) is 21.8. The summed E-state index contributed by atoms with van der Waals surface area (Å²) < 4.78 is 7.95. The average molecular weight is 426 g/mol. The van der Waals surface area contributed by atoms with E-state index in [0.717, 1.165) is 33.2 Å². The number of hydrogen-bond donors (Lipinski definition) is 2. The number of ether oxygens (including phenoxy) is 1. The average Bonchev–Trinajstić information content (AvgIpc) is 3.23. The van der Waals surface area contributed by atoms with Crippen LogP contribution < -0.4 is 16.2 Å². The lowest BCUT2D eigenvalue weighted by Crippen LogP contribution is -2.03. The van der Waals surface area contributed by atoms with E-state index in [1.54, 1.807) is 12.4 Å². The lowest BCUT2D eigenvalue weighted by molar-refractivity contribution is 0.306. The second-order valence-electron chi connectivity index (χ2n) is 7.82. The molecule has 0 aliphatic heterocycles. The summed E-state index contributed by atoms with van der Waals surface area (Å²) in [5.74, 6) is 2.52. The fourth-order valence-electron chi connectivity index (χ4n) is 3.53. The van der Waals surface area contributed by atoms with Gasteiger partial charge in [0.2, 0.25) is 0 Å². The zero-order chi connectivity index (χ0) is 22.2. The summed E-state index contributed by atoms with van der Waals surface area (Å²) in [5, 5.41) is 1.61. The van der Waals surface area contributed by atoms with Crippen LogP contribution in [0.25, 0.3) is 27.6 Å². The number of nitrogen functional groups attached to an aromatic ring is 2. The van der Waals surface area contributed by atoms with E-state index in [1.807, 2.05) is 54.9 Å². The SMILES string of the molecule is CC(C)c1nc(N)c2ccc(OCc3cncc(-n4ccc5c(N)ncnc54)c3)cc2n1. The van der Waals surface area contributed by atoms with Crippen molar-refractivity contribution >= 4 is 33.6 Å². The minimum Gasteiger partial charge on any atom is -0.489 e. The molecule has 9 heteroatoms. The molecular weight excluding hydrogens is 404 g/mol. The lowest BCUT2D eigenvalue weighted by atomic mass is 10.1. The Kier molecular flexibility index (Phi) is 4.78. The molecule has 4 aromatic heterocycles. The number of anilines is 2. The van der Waals surface area contributed by atoms with Gasteiger partial charge in [-0.1, -0.05) is 13.8 Å². The number of fused-ring (bicyclic) bond motifs is 2. The molecule has 5 aromatic rings. The molecule has 9 nitrogen and oxygen atoms in total. The van der Waals surface area contributed by atoms with Crippen LogP contribution in [0, 0.1) is 0 Å². The smallest absolute Gasteiger partial charge is 0.150 e. The van der Waals surface area contributed by atoms with E-state index >= 15 is 0 Å². The number of aromatic nitrogens is 6. The van der Waals surface area contributed by atoms with Crippen molar-refractivity contribution in [3.63, 3.8) is 0 Å². The molecule has 0 unspecified atom stereocenters. The zero-order valence-electron chi connectivity index (χ0n) is 17.7. The summed E-state index contributed by atoms with van der Waals surface area (Å²) >= 11 is 0. The maximum atomic E-state index is 6.10. The molecule has 0 radical (unpaired) electrons. The molecule has 0 atom stereocenters. The van der Waals surface area contributed by atoms with Gasteiger partial charge in [0, 0.05) is 35.3 Å². The second-order valence-corrected chi connectivity index (χ2v) is 7.82. The van der Waals surface area contributed by atoms with Crippen molar-refractivity contribution in [3.8, 4) is 11.4 Å². The molecule has 0 saturated heterocycles. The fourth-order valence-corrected chi connectivity index (χ4v) is 3.53. The molecule has 32 heavy (non-hydrogen) atoms. The molecule has 0 amide bonds. The van der Waals surface area contributed by atoms with Gasteiger partial charge in [0.1, 0.15) is 41.8 Å². The highest BCUT2D eigenvalue weighted by Gasteiger charge is 2.11. The van der Waals surface area contributed by atoms with Crippen LogP contribution in [0.5, 0.6) is 5.75 Å². The van der Waals surface area contributed by atoms with Gasteiger partial charge < -0.3 is 16.2 Å². The number of hydrogen-bond acceptors (Lipinski definition) is 8. The largest absolute Gasteiger partial charge is 0.489 e. The van der Waals surface area contributed by atoms with Gasteiger partial charge in [0.15, 0.2) is 0 Å². The van der Waals surface area contributed by atoms with Crippen molar-refractivity contribution in [2.24, 2.45) is 0 Å². The van der Waals surface area contributed by atoms with Gasteiger partial charge in [-0.3, -0.25) is 9.55 Å². The van der Waals surface area contributed by atoms with Gasteiger partial charge in [-0.15, -0.1) is 0 Å². The van der Waals surface area contributed by atoms with E-state index in [9.17, 15) is 0 Å². The van der Waals surface area contributed by atoms with Crippen LogP contribution in [0.3, 0.4) is 0 Å². The van der Waals surface area contributed by atoms with E-state index in [1.165, 1.54) is 6.33 Å². The molecular formula is C23H22N8O. The molecule has 0 fully saturated rings. The Morgan fingerprint density at radius 2 is 1.84 bits per heavy atom. The predicted octanol–water partition coefficient (Wildman–Crippen LogP) is 3.63. The number of nitrogens with two attached hydrogens (primary N) is 2. The minimum atomic E-state index is 0.186. The van der Waals surface area contributed by atoms with Gasteiger partial charge in [-0.05, 0) is 24.3 Å². The molecule has 0 bridgehead atoms. The number of pyridine rings is 1. The first kappa shape index (κ1) is 19.7. The second kappa shape index (κ2) is 7.77. The molecule has 4 heterocycles. The minimum absolute atomic E-state index is 0.186. The Morgan fingerprint density at radius 3 is 2.69 bits per heavy atom. The summed E-state index contributed by atoms with van der Waals surface area (Å²) in [6.45, 7) is 4.42. The van der Waals surface area contributed by atoms with Crippen molar-refractivity contribution in [1.29, 1.82) is 0 Å². The number of rotatable bonds is 5. The van der Waals surface area contributed by atoms with Crippen molar-refractivity contribution in [2.45, 2.75) is 26.4 Å². The Morgan fingerprint density at radius 1 is 0.969 bits per heavy atom. The van der Waals surface area contributed by atoms with Crippen molar-refractivity contribution < 1.29 is 4.74 Å². The molecule has 0 saturated carbocycles. The zero-order valence-corrected chi connectivity index (χ0v) is 17.7. The first-order chi connectivity index (χ1) is 15.5. The quantitative estimate of drug-likeness (QED) is 0.436. The van der Waals surface area contributed by atoms with Crippen molar-refractivity contribution in [3.05, 3.63) is 66.6 Å². The highest BCUT2D eigenvalue weighted by Crippen LogP contribution is 2.26. The predicted molar refractivity (Wildman–Crippen MR) is 123 cm³/mol. The Bertz CT molecular complexity index is 1440. The summed E-state index contributed by atoms with van der Waals surface area (Å²) in [7, 11) is 0. The molecule has 1 aromatic carbocycles. The third-order valence-corrected chi connectivity index (χ3v) is 5.21. The van der Waals surface area contributed by atoms with Gasteiger partial charge in [-0.2, -0.15) is 0 Å². The summed E-state index contributed by atoms with van der Waals surface area (Å²) in [5.41, 5.74) is 15.3. The summed E-state index contributed by atoms with van der Waals surface area (Å²) in [6.07, 6.45) is 6.90. The number of nitrogens with zero attached hydrogens (tertiary/aromatic N) is 6. The Labute approximate surface area is 184 Å². The van der Waals surface area contributed by atoms with Crippen LogP contribution in [0.4, 0.5) is 11.6 Å². The standard InChI is InChI=1S/C23H22N8O/c1-13(2)22-29-19-8-16(3-4-17(19)21(25)30-22)32-11-14-7-15(10-26-9-14)31-6-5-18-20(24)27-12-28-23(18)31/h3-10,12-13H,11H2,1-2H3,(H2,24,27,28)(H2,25,29,30). The van der Waals surface area contributed by atoms with Gasteiger partial charge >= 0.3 is 0 Å². The molecule has 5 rings (SSSR count). The van der Waals surface area contributed by atoms with Gasteiger partial charge in [0.05, 0.1) is 22.8 Å². The van der Waals surface area contributed by atoms with E-state index in [-0.39, 0.29) is 5.92 Å². The first-order valence-corrected chi connectivity index (χ1v) is 10.2. The maximum absolute atomic E-state index is 6.10. The molecule has 0 aliphatic rings. The Hall–Kier alpha value is -4.27. The van der Waals surface area contributed by atoms with E-state index < -0.39 is 0 Å². The fraction of sp³-hybridized carbons (Fsp3) is 0.174. The third kappa shape index (κ3) is 3.53. The van der Waals surface area contributed by atoms with E-state index in [2.05, 4.69) is 24.9 Å².